The molecule has 3 atom stereocenters. The van der Waals surface area contributed by atoms with Gasteiger partial charge in [-0.2, -0.15) is 0 Å². The fourth-order valence-corrected chi connectivity index (χ4v) is 3.31. The fourth-order valence-electron chi connectivity index (χ4n) is 2.13. The third kappa shape index (κ3) is 3.07. The number of para-hydroxylation sites is 1. The van der Waals surface area contributed by atoms with Crippen LogP contribution >= 0.6 is 11.8 Å². The van der Waals surface area contributed by atoms with E-state index in [-0.39, 0.29) is 11.3 Å². The third-order valence-electron chi connectivity index (χ3n) is 3.17. The van der Waals surface area contributed by atoms with E-state index >= 15 is 0 Å². The Labute approximate surface area is 121 Å². The summed E-state index contributed by atoms with van der Waals surface area (Å²) in [7, 11) is 0. The molecule has 2 rings (SSSR count). The van der Waals surface area contributed by atoms with Gasteiger partial charge in [0.15, 0.2) is 6.10 Å². The van der Waals surface area contributed by atoms with Crippen molar-refractivity contribution in [3.63, 3.8) is 0 Å². The Hall–Kier alpha value is -1.69. The van der Waals surface area contributed by atoms with E-state index in [0.29, 0.717) is 11.5 Å². The highest BCUT2D eigenvalue weighted by atomic mass is 32.2. The molecule has 0 spiro atoms. The van der Waals surface area contributed by atoms with Gasteiger partial charge in [-0.1, -0.05) is 18.2 Å². The molecule has 0 aromatic heterocycles. The molecule has 3 unspecified atom stereocenters. The largest absolute Gasteiger partial charge is 0.481 e. The van der Waals surface area contributed by atoms with Gasteiger partial charge >= 0.3 is 5.97 Å². The second kappa shape index (κ2) is 6.17. The summed E-state index contributed by atoms with van der Waals surface area (Å²) in [5.74, 6) is -0.249. The lowest BCUT2D eigenvalue weighted by Gasteiger charge is -2.28. The molecule has 5 nitrogen and oxygen atoms in total. The van der Waals surface area contributed by atoms with Crippen molar-refractivity contribution in [3.8, 4) is 5.75 Å². The average molecular weight is 295 g/mol. The molecule has 1 fully saturated rings. The number of amides is 1. The van der Waals surface area contributed by atoms with Gasteiger partial charge in [-0.15, -0.1) is 11.8 Å². The number of nitrogens with zero attached hydrogens (tertiary/aromatic N) is 1. The van der Waals surface area contributed by atoms with E-state index in [0.717, 1.165) is 0 Å². The van der Waals surface area contributed by atoms with Crippen LogP contribution in [0.15, 0.2) is 30.3 Å². The van der Waals surface area contributed by atoms with Gasteiger partial charge < -0.3 is 14.7 Å². The predicted molar refractivity (Wildman–Crippen MR) is 76.7 cm³/mol. The minimum Gasteiger partial charge on any atom is -0.481 e. The van der Waals surface area contributed by atoms with E-state index in [1.807, 2.05) is 25.1 Å². The number of thioether (sulfide) groups is 1. The van der Waals surface area contributed by atoms with E-state index in [4.69, 9.17) is 4.74 Å². The third-order valence-corrected chi connectivity index (χ3v) is 4.38. The number of hydrogen-bond acceptors (Lipinski definition) is 4. The first-order chi connectivity index (χ1) is 9.50. The van der Waals surface area contributed by atoms with Crippen LogP contribution in [0.4, 0.5) is 0 Å². The minimum atomic E-state index is -0.970. The van der Waals surface area contributed by atoms with Crippen LogP contribution in [0.5, 0.6) is 5.75 Å². The van der Waals surface area contributed by atoms with Crippen molar-refractivity contribution < 1.29 is 19.4 Å². The Kier molecular flexibility index (Phi) is 4.54. The van der Waals surface area contributed by atoms with Gasteiger partial charge in [-0.25, -0.2) is 4.79 Å². The van der Waals surface area contributed by atoms with Gasteiger partial charge in [-0.05, 0) is 26.0 Å². The smallest absolute Gasteiger partial charge is 0.327 e. The molecule has 1 aromatic carbocycles. The average Bonchev–Trinajstić information content (AvgIpc) is 2.81. The normalized spacial score (nSPS) is 23.4. The molecule has 1 aliphatic heterocycles. The Morgan fingerprint density at radius 3 is 2.65 bits per heavy atom. The summed E-state index contributed by atoms with van der Waals surface area (Å²) in [4.78, 5) is 25.0. The molecule has 1 heterocycles. The molecule has 108 valence electrons. The summed E-state index contributed by atoms with van der Waals surface area (Å²) in [6.45, 7) is 3.48. The Morgan fingerprint density at radius 2 is 2.05 bits per heavy atom. The lowest BCUT2D eigenvalue weighted by molar-refractivity contribution is -0.151. The number of carboxylic acid groups (broad SMARTS) is 1. The van der Waals surface area contributed by atoms with Crippen LogP contribution in [0.1, 0.15) is 13.8 Å². The van der Waals surface area contributed by atoms with Crippen LogP contribution in [0.2, 0.25) is 0 Å². The quantitative estimate of drug-likeness (QED) is 0.918. The summed E-state index contributed by atoms with van der Waals surface area (Å²) in [6, 6.07) is 8.26. The van der Waals surface area contributed by atoms with E-state index in [1.54, 1.807) is 19.1 Å². The molecule has 0 aliphatic carbocycles. The summed E-state index contributed by atoms with van der Waals surface area (Å²) in [6.07, 6.45) is -0.708. The molecule has 0 radical (unpaired) electrons. The topological polar surface area (TPSA) is 66.8 Å². The van der Waals surface area contributed by atoms with Gasteiger partial charge in [0.25, 0.3) is 5.91 Å². The highest BCUT2D eigenvalue weighted by molar-refractivity contribution is 8.00. The van der Waals surface area contributed by atoms with Crippen LogP contribution < -0.4 is 4.74 Å². The number of ether oxygens (including phenoxy) is 1. The van der Waals surface area contributed by atoms with E-state index in [2.05, 4.69) is 0 Å². The number of aliphatic carboxylic acids is 1. The number of carbonyl (C=O) groups is 2. The maximum Gasteiger partial charge on any atom is 0.327 e. The Bertz CT molecular complexity index is 493. The number of carbonyl (C=O) groups excluding carboxylic acids is 1. The van der Waals surface area contributed by atoms with Crippen molar-refractivity contribution in [2.75, 3.05) is 5.75 Å². The van der Waals surface area contributed by atoms with Gasteiger partial charge in [0.2, 0.25) is 0 Å². The molecule has 1 aromatic rings. The Morgan fingerprint density at radius 1 is 1.40 bits per heavy atom. The van der Waals surface area contributed by atoms with Crippen LogP contribution in [0, 0.1) is 0 Å². The molecule has 1 amide bonds. The maximum absolute atomic E-state index is 12.4. The lowest BCUT2D eigenvalue weighted by Crippen LogP contribution is -2.49. The highest BCUT2D eigenvalue weighted by Gasteiger charge is 2.41. The first-order valence-electron chi connectivity index (χ1n) is 6.39. The zero-order valence-corrected chi connectivity index (χ0v) is 12.2. The summed E-state index contributed by atoms with van der Waals surface area (Å²) >= 11 is 1.46. The number of rotatable bonds is 4. The van der Waals surface area contributed by atoms with Crippen LogP contribution in [-0.2, 0) is 9.59 Å². The fraction of sp³-hybridized carbons (Fsp3) is 0.429. The standard InChI is InChI=1S/C14H17NO4S/c1-9(19-11-6-4-3-5-7-11)13(16)15-10(2)20-8-12(15)14(17)18/h3-7,9-10,12H,8H2,1-2H3,(H,17,18). The Balaban J connectivity index is 2.07. The molecule has 20 heavy (non-hydrogen) atoms. The van der Waals surface area contributed by atoms with Crippen molar-refractivity contribution in [1.82, 2.24) is 4.90 Å². The maximum atomic E-state index is 12.4. The van der Waals surface area contributed by atoms with Gasteiger partial charge in [-0.3, -0.25) is 4.79 Å². The summed E-state index contributed by atoms with van der Waals surface area (Å²) in [5, 5.41) is 9.03. The zero-order valence-electron chi connectivity index (χ0n) is 11.4. The SMILES string of the molecule is CC(Oc1ccccc1)C(=O)N1C(C)SCC1C(=O)O. The molecule has 1 N–H and O–H groups in total. The molecule has 0 bridgehead atoms. The minimum absolute atomic E-state index is 0.148. The lowest BCUT2D eigenvalue weighted by atomic mass is 10.2. The van der Waals surface area contributed by atoms with E-state index in [9.17, 15) is 14.7 Å². The van der Waals surface area contributed by atoms with Gasteiger partial charge in [0.1, 0.15) is 11.8 Å². The highest BCUT2D eigenvalue weighted by Crippen LogP contribution is 2.29. The second-order valence-electron chi connectivity index (χ2n) is 4.61. The zero-order chi connectivity index (χ0) is 14.7. The molecular formula is C14H17NO4S. The number of hydrogen-bond donors (Lipinski definition) is 1. The second-order valence-corrected chi connectivity index (χ2v) is 5.95. The molecular weight excluding hydrogens is 278 g/mol. The number of benzene rings is 1. The van der Waals surface area contributed by atoms with Crippen LogP contribution in [0.25, 0.3) is 0 Å². The first-order valence-corrected chi connectivity index (χ1v) is 7.44. The molecule has 6 heteroatoms. The first kappa shape index (κ1) is 14.7. The van der Waals surface area contributed by atoms with Crippen molar-refractivity contribution in [2.24, 2.45) is 0 Å². The summed E-state index contributed by atoms with van der Waals surface area (Å²) < 4.78 is 5.57. The van der Waals surface area contributed by atoms with Gasteiger partial charge in [0, 0.05) is 5.75 Å². The molecule has 0 saturated carbocycles. The van der Waals surface area contributed by atoms with Gasteiger partial charge in [0.05, 0.1) is 5.37 Å². The van der Waals surface area contributed by atoms with Crippen molar-refractivity contribution in [3.05, 3.63) is 30.3 Å². The molecule has 1 aliphatic rings. The predicted octanol–water partition coefficient (Wildman–Crippen LogP) is 1.83. The summed E-state index contributed by atoms with van der Waals surface area (Å²) in [5.41, 5.74) is 0. The molecule has 1 saturated heterocycles. The van der Waals surface area contributed by atoms with Crippen molar-refractivity contribution >= 4 is 23.6 Å². The van der Waals surface area contributed by atoms with Crippen molar-refractivity contribution in [1.29, 1.82) is 0 Å². The van der Waals surface area contributed by atoms with E-state index in [1.165, 1.54) is 16.7 Å². The monoisotopic (exact) mass is 295 g/mol. The van der Waals surface area contributed by atoms with Crippen molar-refractivity contribution in [2.45, 2.75) is 31.4 Å². The van der Waals surface area contributed by atoms with Crippen LogP contribution in [0.3, 0.4) is 0 Å². The van der Waals surface area contributed by atoms with E-state index < -0.39 is 18.1 Å². The van der Waals surface area contributed by atoms with Crippen LogP contribution in [-0.4, -0.2) is 45.2 Å². The number of carboxylic acids is 1.